The second kappa shape index (κ2) is 5.49. The molecule has 5 heteroatoms. The third kappa shape index (κ3) is 3.43. The summed E-state index contributed by atoms with van der Waals surface area (Å²) in [4.78, 5) is 4.38. The molecule has 1 aromatic heterocycles. The normalized spacial score (nSPS) is 12.4. The van der Waals surface area contributed by atoms with Gasteiger partial charge in [0.05, 0.1) is 5.69 Å². The summed E-state index contributed by atoms with van der Waals surface area (Å²) in [6, 6.07) is 7.24. The van der Waals surface area contributed by atoms with Crippen LogP contribution in [0, 0.1) is 0 Å². The van der Waals surface area contributed by atoms with Crippen LogP contribution in [-0.2, 0) is 6.61 Å². The third-order valence-corrected chi connectivity index (χ3v) is 3.30. The molecule has 0 saturated carbocycles. The highest BCUT2D eigenvalue weighted by Crippen LogP contribution is 2.19. The SMILES string of the molecule is CC(N)c1csc(COc2ccc(Cl)cc2)n1. The Labute approximate surface area is 109 Å². The molecule has 0 saturated heterocycles. The van der Waals surface area contributed by atoms with Gasteiger partial charge in [0.1, 0.15) is 17.4 Å². The van der Waals surface area contributed by atoms with Crippen molar-refractivity contribution in [2.45, 2.75) is 19.6 Å². The van der Waals surface area contributed by atoms with Gasteiger partial charge in [0.15, 0.2) is 0 Å². The van der Waals surface area contributed by atoms with Gasteiger partial charge in [-0.25, -0.2) is 4.98 Å². The van der Waals surface area contributed by atoms with Gasteiger partial charge in [-0.1, -0.05) is 11.6 Å². The first kappa shape index (κ1) is 12.4. The Morgan fingerprint density at radius 3 is 2.71 bits per heavy atom. The van der Waals surface area contributed by atoms with Gasteiger partial charge in [-0.2, -0.15) is 0 Å². The number of nitrogens with two attached hydrogens (primary N) is 1. The van der Waals surface area contributed by atoms with E-state index in [4.69, 9.17) is 22.1 Å². The fourth-order valence-electron chi connectivity index (χ4n) is 1.28. The van der Waals surface area contributed by atoms with E-state index in [0.717, 1.165) is 16.5 Å². The lowest BCUT2D eigenvalue weighted by Crippen LogP contribution is -2.05. The predicted octanol–water partition coefficient (Wildman–Crippen LogP) is 3.40. The standard InChI is InChI=1S/C12H13ClN2OS/c1-8(14)11-7-17-12(15-11)6-16-10-4-2-9(13)3-5-10/h2-5,7-8H,6,14H2,1H3. The highest BCUT2D eigenvalue weighted by atomic mass is 35.5. The summed E-state index contributed by atoms with van der Waals surface area (Å²) >= 11 is 7.35. The maximum absolute atomic E-state index is 5.79. The van der Waals surface area contributed by atoms with Crippen LogP contribution in [0.4, 0.5) is 0 Å². The summed E-state index contributed by atoms with van der Waals surface area (Å²) < 4.78 is 5.59. The van der Waals surface area contributed by atoms with Crippen LogP contribution in [0.25, 0.3) is 0 Å². The van der Waals surface area contributed by atoms with Crippen molar-refractivity contribution in [1.29, 1.82) is 0 Å². The molecule has 0 spiro atoms. The van der Waals surface area contributed by atoms with E-state index in [-0.39, 0.29) is 6.04 Å². The zero-order chi connectivity index (χ0) is 12.3. The van der Waals surface area contributed by atoms with Crippen molar-refractivity contribution in [1.82, 2.24) is 4.98 Å². The Morgan fingerprint density at radius 2 is 2.12 bits per heavy atom. The molecule has 2 rings (SSSR count). The van der Waals surface area contributed by atoms with Crippen LogP contribution in [0.1, 0.15) is 23.7 Å². The molecule has 0 fully saturated rings. The van der Waals surface area contributed by atoms with E-state index >= 15 is 0 Å². The zero-order valence-corrected chi connectivity index (χ0v) is 11.0. The van der Waals surface area contributed by atoms with Gasteiger partial charge in [0.25, 0.3) is 0 Å². The molecule has 1 heterocycles. The van der Waals surface area contributed by atoms with Crippen LogP contribution in [-0.4, -0.2) is 4.98 Å². The highest BCUT2D eigenvalue weighted by Gasteiger charge is 2.06. The van der Waals surface area contributed by atoms with Crippen molar-refractivity contribution >= 4 is 22.9 Å². The predicted molar refractivity (Wildman–Crippen MR) is 70.5 cm³/mol. The molecule has 2 N–H and O–H groups in total. The van der Waals surface area contributed by atoms with Gasteiger partial charge in [0, 0.05) is 16.4 Å². The molecule has 90 valence electrons. The van der Waals surface area contributed by atoms with E-state index in [1.165, 1.54) is 0 Å². The minimum absolute atomic E-state index is 0.0319. The van der Waals surface area contributed by atoms with Crippen molar-refractivity contribution in [3.8, 4) is 5.75 Å². The third-order valence-electron chi connectivity index (χ3n) is 2.21. The fourth-order valence-corrected chi connectivity index (χ4v) is 2.21. The number of hydrogen-bond acceptors (Lipinski definition) is 4. The lowest BCUT2D eigenvalue weighted by atomic mass is 10.3. The van der Waals surface area contributed by atoms with E-state index in [9.17, 15) is 0 Å². The fraction of sp³-hybridized carbons (Fsp3) is 0.250. The number of ether oxygens (including phenoxy) is 1. The Balaban J connectivity index is 1.95. The van der Waals surface area contributed by atoms with Crippen molar-refractivity contribution in [2.75, 3.05) is 0 Å². The summed E-state index contributed by atoms with van der Waals surface area (Å²) in [5, 5.41) is 3.59. The number of halogens is 1. The number of rotatable bonds is 4. The Bertz CT molecular complexity index is 482. The van der Waals surface area contributed by atoms with Crippen molar-refractivity contribution < 1.29 is 4.74 Å². The molecule has 0 radical (unpaired) electrons. The lowest BCUT2D eigenvalue weighted by molar-refractivity contribution is 0.305. The molecule has 3 nitrogen and oxygen atoms in total. The molecule has 2 aromatic rings. The maximum atomic E-state index is 5.79. The molecular formula is C12H13ClN2OS. The largest absolute Gasteiger partial charge is 0.486 e. The average Bonchev–Trinajstić information content (AvgIpc) is 2.77. The van der Waals surface area contributed by atoms with Gasteiger partial charge in [0.2, 0.25) is 0 Å². The first-order valence-corrected chi connectivity index (χ1v) is 6.49. The average molecular weight is 269 g/mol. The second-order valence-corrected chi connectivity index (χ2v) is 5.08. The molecule has 1 unspecified atom stereocenters. The first-order valence-electron chi connectivity index (χ1n) is 5.23. The van der Waals surface area contributed by atoms with Crippen LogP contribution in [0.3, 0.4) is 0 Å². The van der Waals surface area contributed by atoms with Gasteiger partial charge in [-0.15, -0.1) is 11.3 Å². The first-order chi connectivity index (χ1) is 8.15. The summed E-state index contributed by atoms with van der Waals surface area (Å²) in [5.41, 5.74) is 6.65. The molecule has 0 aliphatic rings. The number of nitrogens with zero attached hydrogens (tertiary/aromatic N) is 1. The molecule has 1 aromatic carbocycles. The van der Waals surface area contributed by atoms with E-state index < -0.39 is 0 Å². The summed E-state index contributed by atoms with van der Waals surface area (Å²) in [7, 11) is 0. The van der Waals surface area contributed by atoms with Crippen molar-refractivity contribution in [3.63, 3.8) is 0 Å². The summed E-state index contributed by atoms with van der Waals surface area (Å²) in [5.74, 6) is 0.784. The number of benzene rings is 1. The second-order valence-electron chi connectivity index (χ2n) is 3.70. The van der Waals surface area contributed by atoms with Gasteiger partial charge in [-0.3, -0.25) is 0 Å². The highest BCUT2D eigenvalue weighted by molar-refractivity contribution is 7.09. The maximum Gasteiger partial charge on any atom is 0.140 e. The quantitative estimate of drug-likeness (QED) is 0.925. The Morgan fingerprint density at radius 1 is 1.41 bits per heavy atom. The molecule has 0 amide bonds. The molecule has 0 aliphatic carbocycles. The minimum Gasteiger partial charge on any atom is -0.486 e. The monoisotopic (exact) mass is 268 g/mol. The van der Waals surface area contributed by atoms with E-state index in [0.29, 0.717) is 11.6 Å². The molecule has 1 atom stereocenters. The van der Waals surface area contributed by atoms with Crippen molar-refractivity contribution in [2.24, 2.45) is 5.73 Å². The molecule has 17 heavy (non-hydrogen) atoms. The van der Waals surface area contributed by atoms with Crippen LogP contribution in [0.2, 0.25) is 5.02 Å². The Hall–Kier alpha value is -1.10. The zero-order valence-electron chi connectivity index (χ0n) is 9.39. The van der Waals surface area contributed by atoms with Gasteiger partial charge >= 0.3 is 0 Å². The van der Waals surface area contributed by atoms with Gasteiger partial charge < -0.3 is 10.5 Å². The van der Waals surface area contributed by atoms with Crippen LogP contribution in [0.5, 0.6) is 5.75 Å². The van der Waals surface area contributed by atoms with Crippen LogP contribution < -0.4 is 10.5 Å². The number of aromatic nitrogens is 1. The molecular weight excluding hydrogens is 256 g/mol. The Kier molecular flexibility index (Phi) is 3.99. The topological polar surface area (TPSA) is 48.1 Å². The van der Waals surface area contributed by atoms with E-state index in [1.54, 1.807) is 23.5 Å². The van der Waals surface area contributed by atoms with E-state index in [2.05, 4.69) is 4.98 Å². The van der Waals surface area contributed by atoms with Crippen LogP contribution >= 0.6 is 22.9 Å². The summed E-state index contributed by atoms with van der Waals surface area (Å²) in [6.07, 6.45) is 0. The van der Waals surface area contributed by atoms with Crippen LogP contribution in [0.15, 0.2) is 29.6 Å². The van der Waals surface area contributed by atoms with Gasteiger partial charge in [-0.05, 0) is 31.2 Å². The van der Waals surface area contributed by atoms with Crippen molar-refractivity contribution in [3.05, 3.63) is 45.4 Å². The molecule has 0 aliphatic heterocycles. The minimum atomic E-state index is -0.0319. The number of thiazole rings is 1. The summed E-state index contributed by atoms with van der Waals surface area (Å²) in [6.45, 7) is 2.37. The lowest BCUT2D eigenvalue weighted by Gasteiger charge is -2.03. The molecule has 0 bridgehead atoms. The number of hydrogen-bond donors (Lipinski definition) is 1. The smallest absolute Gasteiger partial charge is 0.140 e. The van der Waals surface area contributed by atoms with E-state index in [1.807, 2.05) is 24.4 Å².